The van der Waals surface area contributed by atoms with Crippen molar-refractivity contribution in [2.75, 3.05) is 39.8 Å². The summed E-state index contributed by atoms with van der Waals surface area (Å²) in [7, 11) is -1.80. The number of H-pyrrole nitrogens is 2. The first-order chi connectivity index (χ1) is 13.0. The Morgan fingerprint density at radius 3 is 2.48 bits per heavy atom. The van der Waals surface area contributed by atoms with Crippen molar-refractivity contribution in [1.82, 2.24) is 19.2 Å². The van der Waals surface area contributed by atoms with E-state index in [4.69, 9.17) is 4.74 Å². The minimum Gasteiger partial charge on any atom is -0.380 e. The van der Waals surface area contributed by atoms with Gasteiger partial charge in [-0.2, -0.15) is 4.31 Å². The van der Waals surface area contributed by atoms with Crippen LogP contribution in [0.25, 0.3) is 11.0 Å². The van der Waals surface area contributed by atoms with Gasteiger partial charge in [-0.1, -0.05) is 6.42 Å². The molecule has 2 fully saturated rings. The molecule has 8 nitrogen and oxygen atoms in total. The number of imidazole rings is 1. The van der Waals surface area contributed by atoms with Crippen LogP contribution in [-0.2, 0) is 14.8 Å². The van der Waals surface area contributed by atoms with Crippen LogP contribution in [0.15, 0.2) is 27.9 Å². The fourth-order valence-electron chi connectivity index (χ4n) is 3.96. The number of ether oxygens (including phenoxy) is 1. The highest BCUT2D eigenvalue weighted by molar-refractivity contribution is 7.89. The second-order valence-electron chi connectivity index (χ2n) is 7.46. The van der Waals surface area contributed by atoms with Crippen LogP contribution in [0.3, 0.4) is 0 Å². The maximum Gasteiger partial charge on any atom is 0.323 e. The lowest BCUT2D eigenvalue weighted by atomic mass is 9.81. The predicted octanol–water partition coefficient (Wildman–Crippen LogP) is 0.978. The van der Waals surface area contributed by atoms with Gasteiger partial charge in [0.15, 0.2) is 0 Å². The van der Waals surface area contributed by atoms with E-state index >= 15 is 0 Å². The monoisotopic (exact) mass is 394 g/mol. The van der Waals surface area contributed by atoms with E-state index in [2.05, 4.69) is 14.9 Å². The maximum atomic E-state index is 13.0. The van der Waals surface area contributed by atoms with Gasteiger partial charge < -0.3 is 14.7 Å². The molecule has 1 aromatic carbocycles. The molecule has 0 bridgehead atoms. The van der Waals surface area contributed by atoms with Crippen LogP contribution < -0.4 is 5.69 Å². The Kier molecular flexibility index (Phi) is 5.11. The molecule has 2 N–H and O–H groups in total. The van der Waals surface area contributed by atoms with Gasteiger partial charge in [0.1, 0.15) is 0 Å². The third kappa shape index (κ3) is 3.69. The molecule has 2 heterocycles. The van der Waals surface area contributed by atoms with Crippen molar-refractivity contribution in [3.63, 3.8) is 0 Å². The highest BCUT2D eigenvalue weighted by atomic mass is 32.2. The molecule has 1 saturated heterocycles. The van der Waals surface area contributed by atoms with Crippen molar-refractivity contribution in [2.45, 2.75) is 30.3 Å². The third-order valence-electron chi connectivity index (χ3n) is 5.87. The molecule has 0 radical (unpaired) electrons. The summed E-state index contributed by atoms with van der Waals surface area (Å²) in [6.07, 6.45) is 4.00. The fourth-order valence-corrected chi connectivity index (χ4v) is 5.40. The first-order valence-electron chi connectivity index (χ1n) is 9.45. The summed E-state index contributed by atoms with van der Waals surface area (Å²) in [5.41, 5.74) is 0.765. The summed E-state index contributed by atoms with van der Waals surface area (Å²) in [5.74, 6) is 0.645. The molecule has 1 aliphatic carbocycles. The third-order valence-corrected chi connectivity index (χ3v) is 7.77. The van der Waals surface area contributed by atoms with Crippen LogP contribution in [0.5, 0.6) is 0 Å². The zero-order chi connectivity index (χ0) is 19.0. The molecule has 1 unspecified atom stereocenters. The molecule has 27 heavy (non-hydrogen) atoms. The summed E-state index contributed by atoms with van der Waals surface area (Å²) < 4.78 is 33.1. The van der Waals surface area contributed by atoms with Gasteiger partial charge in [0.2, 0.25) is 10.0 Å². The number of methoxy groups -OCH3 is 1. The van der Waals surface area contributed by atoms with E-state index in [-0.39, 0.29) is 16.7 Å². The van der Waals surface area contributed by atoms with E-state index in [0.29, 0.717) is 43.1 Å². The zero-order valence-corrected chi connectivity index (χ0v) is 16.3. The first-order valence-corrected chi connectivity index (χ1v) is 10.9. The summed E-state index contributed by atoms with van der Waals surface area (Å²) in [4.78, 5) is 19.1. The van der Waals surface area contributed by atoms with Crippen LogP contribution in [0, 0.1) is 5.92 Å². The lowest BCUT2D eigenvalue weighted by Gasteiger charge is -2.39. The Bertz CT molecular complexity index is 955. The van der Waals surface area contributed by atoms with E-state index in [1.165, 1.54) is 29.6 Å². The molecule has 1 saturated carbocycles. The number of sulfonamides is 1. The Morgan fingerprint density at radius 1 is 1.15 bits per heavy atom. The molecular formula is C18H26N4O4S. The van der Waals surface area contributed by atoms with Crippen molar-refractivity contribution in [3.8, 4) is 0 Å². The number of aromatic amines is 2. The molecule has 1 atom stereocenters. The largest absolute Gasteiger partial charge is 0.380 e. The van der Waals surface area contributed by atoms with Gasteiger partial charge >= 0.3 is 5.69 Å². The van der Waals surface area contributed by atoms with Gasteiger partial charge in [0.05, 0.1) is 22.0 Å². The van der Waals surface area contributed by atoms with Crippen LogP contribution in [0.1, 0.15) is 19.3 Å². The molecule has 1 aliphatic heterocycles. The molecule has 4 rings (SSSR count). The highest BCUT2D eigenvalue weighted by Crippen LogP contribution is 2.31. The van der Waals surface area contributed by atoms with Gasteiger partial charge in [-0.05, 0) is 37.0 Å². The average molecular weight is 394 g/mol. The zero-order valence-electron chi connectivity index (χ0n) is 15.5. The number of piperazine rings is 1. The molecule has 9 heteroatoms. The number of hydrogen-bond donors (Lipinski definition) is 2. The standard InChI is InChI=1S/C18H26N4O4S/c1-26-17(13-3-2-4-13)12-21-7-9-22(10-8-21)27(24,25)14-5-6-15-16(11-14)20-18(23)19-15/h5-6,11,13,17H,2-4,7-10,12H2,1H3,(H2,19,20,23). The second kappa shape index (κ2) is 7.38. The number of benzene rings is 1. The number of nitrogens with one attached hydrogen (secondary N) is 2. The lowest BCUT2D eigenvalue weighted by Crippen LogP contribution is -2.51. The molecule has 0 spiro atoms. The molecular weight excluding hydrogens is 368 g/mol. The summed E-state index contributed by atoms with van der Waals surface area (Å²) in [5, 5.41) is 0. The average Bonchev–Trinajstić information content (AvgIpc) is 2.99. The van der Waals surface area contributed by atoms with E-state index in [0.717, 1.165) is 6.54 Å². The van der Waals surface area contributed by atoms with Crippen molar-refractivity contribution in [1.29, 1.82) is 0 Å². The number of aromatic nitrogens is 2. The van der Waals surface area contributed by atoms with Crippen LogP contribution >= 0.6 is 0 Å². The molecule has 0 amide bonds. The van der Waals surface area contributed by atoms with Crippen molar-refractivity contribution >= 4 is 21.1 Å². The van der Waals surface area contributed by atoms with E-state index < -0.39 is 10.0 Å². The number of hydrogen-bond acceptors (Lipinski definition) is 5. The topological polar surface area (TPSA) is 98.5 Å². The minimum absolute atomic E-state index is 0.211. The Balaban J connectivity index is 1.42. The van der Waals surface area contributed by atoms with E-state index in [1.54, 1.807) is 19.2 Å². The number of nitrogens with zero attached hydrogens (tertiary/aromatic N) is 2. The summed E-state index contributed by atoms with van der Waals surface area (Å²) in [6.45, 7) is 3.20. The molecule has 2 aromatic rings. The molecule has 148 valence electrons. The van der Waals surface area contributed by atoms with E-state index in [9.17, 15) is 13.2 Å². The fraction of sp³-hybridized carbons (Fsp3) is 0.611. The Morgan fingerprint density at radius 2 is 1.85 bits per heavy atom. The number of rotatable bonds is 6. The van der Waals surface area contributed by atoms with Crippen LogP contribution in [0.2, 0.25) is 0 Å². The van der Waals surface area contributed by atoms with Crippen LogP contribution in [0.4, 0.5) is 0 Å². The lowest BCUT2D eigenvalue weighted by molar-refractivity contribution is -0.0103. The summed E-state index contributed by atoms with van der Waals surface area (Å²) in [6, 6.07) is 4.69. The van der Waals surface area contributed by atoms with Gasteiger partial charge in [-0.3, -0.25) is 4.90 Å². The highest BCUT2D eigenvalue weighted by Gasteiger charge is 2.32. The molecule has 1 aromatic heterocycles. The van der Waals surface area contributed by atoms with Gasteiger partial charge in [0, 0.05) is 39.8 Å². The first kappa shape index (κ1) is 18.7. The quantitative estimate of drug-likeness (QED) is 0.761. The minimum atomic E-state index is -3.57. The van der Waals surface area contributed by atoms with Gasteiger partial charge in [0.25, 0.3) is 0 Å². The second-order valence-corrected chi connectivity index (χ2v) is 9.39. The Labute approximate surface area is 158 Å². The van der Waals surface area contributed by atoms with Gasteiger partial charge in [-0.25, -0.2) is 13.2 Å². The smallest absolute Gasteiger partial charge is 0.323 e. The Hall–Kier alpha value is -1.68. The van der Waals surface area contributed by atoms with Crippen molar-refractivity contribution in [3.05, 3.63) is 28.7 Å². The molecule has 2 aliphatic rings. The SMILES string of the molecule is COC(CN1CCN(S(=O)(=O)c2ccc3[nH]c(=O)[nH]c3c2)CC1)C1CCC1. The maximum absolute atomic E-state index is 13.0. The normalized spacial score (nSPS) is 21.4. The van der Waals surface area contributed by atoms with Crippen LogP contribution in [-0.4, -0.2) is 73.5 Å². The number of fused-ring (bicyclic) bond motifs is 1. The summed E-state index contributed by atoms with van der Waals surface area (Å²) >= 11 is 0. The van der Waals surface area contributed by atoms with Crippen molar-refractivity contribution < 1.29 is 13.2 Å². The van der Waals surface area contributed by atoms with E-state index in [1.807, 2.05) is 0 Å². The predicted molar refractivity (Wildman–Crippen MR) is 102 cm³/mol. The van der Waals surface area contributed by atoms with Gasteiger partial charge in [-0.15, -0.1) is 0 Å². The van der Waals surface area contributed by atoms with Crippen molar-refractivity contribution in [2.24, 2.45) is 5.92 Å².